The van der Waals surface area contributed by atoms with E-state index in [4.69, 9.17) is 9.47 Å². The van der Waals surface area contributed by atoms with E-state index in [2.05, 4.69) is 22.8 Å². The fourth-order valence-electron chi connectivity index (χ4n) is 25.6. The molecule has 0 unspecified atom stereocenters. The zero-order valence-corrected chi connectivity index (χ0v) is 55.4. The second kappa shape index (κ2) is 22.3. The molecule has 17 heteroatoms. The summed E-state index contributed by atoms with van der Waals surface area (Å²) < 4.78 is 13.8. The molecule has 15 nitrogen and oxygen atoms in total. The van der Waals surface area contributed by atoms with Crippen LogP contribution in [0.25, 0.3) is 0 Å². The predicted octanol–water partition coefficient (Wildman–Crippen LogP) is 10.8. The smallest absolute Gasteiger partial charge is 0.229 e. The summed E-state index contributed by atoms with van der Waals surface area (Å²) in [6.07, 6.45) is 22.6. The lowest BCUT2D eigenvalue weighted by Gasteiger charge is -2.65. The first-order chi connectivity index (χ1) is 45.4. The van der Waals surface area contributed by atoms with Gasteiger partial charge in [0.25, 0.3) is 0 Å². The SMILES string of the molecule is O=C[C@@H]1C[C@@]2(CC[C@@]3(C[C@@H](Cc4cccc(O)c4)C[C@]34CCC3(CCCC3)C4)C2)C[C@]12C[C@H]1C[C@H]3C[C@@H]4C[C@]5(CO)O[C@H]6Oc7cccc8c7C(=O)[C@@]7(C(O)=CC(Cc9cccc(CO)c9)=C[C@@H]7C8=O)[C@H](CCCO)SSCNC7=CC(=C3CN7)[C@@]1(C2)[C@@H]4[C@](O)([C@@H]5O)[C@H]6O. The van der Waals surface area contributed by atoms with Crippen LogP contribution in [-0.2, 0) is 29.0 Å². The highest BCUT2D eigenvalue weighted by Crippen LogP contribution is 2.83. The van der Waals surface area contributed by atoms with Crippen LogP contribution in [0.2, 0.25) is 0 Å². The zero-order valence-electron chi connectivity index (χ0n) is 53.7. The summed E-state index contributed by atoms with van der Waals surface area (Å²) >= 11 is 0. The van der Waals surface area contributed by atoms with Gasteiger partial charge in [0.05, 0.1) is 36.4 Å². The third-order valence-electron chi connectivity index (χ3n) is 28.6. The van der Waals surface area contributed by atoms with Crippen LogP contribution in [0.5, 0.6) is 11.5 Å². The van der Waals surface area contributed by atoms with Crippen LogP contribution in [0, 0.1) is 79.3 Å². The maximum absolute atomic E-state index is 16.4. The summed E-state index contributed by atoms with van der Waals surface area (Å²) in [5.74, 6) is -2.16. The number of aliphatic hydroxyl groups excluding tert-OH is 6. The van der Waals surface area contributed by atoms with Crippen molar-refractivity contribution in [2.45, 2.75) is 189 Å². The van der Waals surface area contributed by atoms with E-state index in [1.54, 1.807) is 30.4 Å². The van der Waals surface area contributed by atoms with E-state index in [0.717, 1.165) is 68.3 Å². The quantitative estimate of drug-likeness (QED) is 0.0669. The summed E-state index contributed by atoms with van der Waals surface area (Å²) in [5, 5.41) is 104. The van der Waals surface area contributed by atoms with Crippen molar-refractivity contribution >= 4 is 39.4 Å². The molecule has 8 saturated carbocycles. The largest absolute Gasteiger partial charge is 0.511 e. The van der Waals surface area contributed by atoms with Crippen molar-refractivity contribution in [1.29, 1.82) is 0 Å². The molecule has 7 spiro atoms. The van der Waals surface area contributed by atoms with Crippen molar-refractivity contribution in [2.75, 3.05) is 25.6 Å². The van der Waals surface area contributed by atoms with Crippen LogP contribution in [0.1, 0.15) is 172 Å². The number of fused-ring (bicyclic) bond motifs is 3. The van der Waals surface area contributed by atoms with Gasteiger partial charge in [0, 0.05) is 41.2 Å². The first kappa shape index (κ1) is 62.6. The molecule has 9 fully saturated rings. The number of allylic oxidation sites excluding steroid dienone is 6. The summed E-state index contributed by atoms with van der Waals surface area (Å²) in [4.78, 5) is 46.5. The molecule has 0 aromatic heterocycles. The molecule has 3 aromatic rings. The normalized spacial score (nSPS) is 43.4. The minimum Gasteiger partial charge on any atom is -0.511 e. The number of carbonyl (C=O) groups excluding carboxylic acids is 3. The van der Waals surface area contributed by atoms with Crippen LogP contribution < -0.4 is 15.4 Å². The van der Waals surface area contributed by atoms with Gasteiger partial charge in [0.2, 0.25) is 6.29 Å². The van der Waals surface area contributed by atoms with Gasteiger partial charge in [0.15, 0.2) is 11.6 Å². The Morgan fingerprint density at radius 2 is 1.54 bits per heavy atom. The molecule has 18 rings (SSSR count). The number of ketones is 2. The highest BCUT2D eigenvalue weighted by Gasteiger charge is 2.80. The number of aldehydes is 1. The number of aliphatic hydroxyl groups is 7. The standard InChI is InChI=1S/C77H92N2O13S2/c80-20-6-13-60-76-57(25-47(26-59(76)85)22-44-7-3-9-46(21-44)36-81)63(86)54-11-5-12-58(62(54)65(76)87)91-67-66(88)77(90)64-50(32-74(42-83,92-67)68(77)89)27-49-28-51-34-71(41-75(51,64)56-29-61(78-35-55(49)56)79-43-93-94-60)38-70(33-52(71)37-82)17-19-73(40-70)31-48(23-45-8-4-10-53(84)24-45)30-72(73)18-16-69(39-72)14-1-2-15-69/h3-5,7-12,21,24-26,29,37,48-52,57,60,64,66-68,78-81,83-85,88-90H,1-2,6,13-20,22-23,27-28,30-36,38-43H2/t48-,49+,50+,51+,52-,57+,60-,64+,66-,67+,68+,70-,71-,72-,73+,74+,75-,76-,77+/m0/s1. The molecule has 15 aliphatic rings. The van der Waals surface area contributed by atoms with Crippen LogP contribution in [0.4, 0.5) is 0 Å². The molecule has 0 amide bonds. The molecule has 12 aliphatic carbocycles. The van der Waals surface area contributed by atoms with Crippen LogP contribution in [-0.4, -0.2) is 119 Å². The Morgan fingerprint density at radius 1 is 0.777 bits per heavy atom. The van der Waals surface area contributed by atoms with Gasteiger partial charge in [-0.1, -0.05) is 89.0 Å². The van der Waals surface area contributed by atoms with Gasteiger partial charge < -0.3 is 65.8 Å². The van der Waals surface area contributed by atoms with Crippen molar-refractivity contribution in [1.82, 2.24) is 10.6 Å². The van der Waals surface area contributed by atoms with Gasteiger partial charge in [-0.2, -0.15) is 0 Å². The third-order valence-corrected chi connectivity index (χ3v) is 31.3. The van der Waals surface area contributed by atoms with Crippen molar-refractivity contribution in [3.8, 4) is 11.5 Å². The average Bonchev–Trinajstić information content (AvgIpc) is 1.41. The molecule has 3 aromatic carbocycles. The second-order valence-electron chi connectivity index (χ2n) is 32.9. The van der Waals surface area contributed by atoms with E-state index in [1.165, 1.54) is 103 Å². The van der Waals surface area contributed by atoms with Crippen molar-refractivity contribution in [3.63, 3.8) is 0 Å². The maximum atomic E-state index is 16.4. The van der Waals surface area contributed by atoms with Gasteiger partial charge in [0.1, 0.15) is 52.4 Å². The summed E-state index contributed by atoms with van der Waals surface area (Å²) in [7, 11) is 2.84. The molecule has 500 valence electrons. The second-order valence-corrected chi connectivity index (χ2v) is 35.5. The Morgan fingerprint density at radius 3 is 2.32 bits per heavy atom. The number of aromatic hydroxyl groups is 1. The Hall–Kier alpha value is -4.95. The lowest BCUT2D eigenvalue weighted by Crippen LogP contribution is -2.81. The highest BCUT2D eigenvalue weighted by molar-refractivity contribution is 8.76. The average molecular weight is 1320 g/mol. The number of hydrogen-bond donors (Lipinski definition) is 10. The lowest BCUT2D eigenvalue weighted by atomic mass is 9.46. The number of dihydropyridines is 1. The number of phenolic OH excluding ortho intramolecular Hbond substituents is 1. The topological polar surface area (TPSA) is 256 Å². The monoisotopic (exact) mass is 1320 g/mol. The van der Waals surface area contributed by atoms with E-state index < -0.39 is 81.2 Å². The number of nitrogens with one attached hydrogen (secondary N) is 2. The number of hydrogen-bond acceptors (Lipinski definition) is 17. The first-order valence-electron chi connectivity index (χ1n) is 35.5. The van der Waals surface area contributed by atoms with Gasteiger partial charge in [-0.15, -0.1) is 0 Å². The van der Waals surface area contributed by atoms with Gasteiger partial charge in [-0.05, 0) is 249 Å². The fourth-order valence-corrected chi connectivity index (χ4v) is 28.4. The van der Waals surface area contributed by atoms with Crippen molar-refractivity contribution in [2.24, 2.45) is 79.3 Å². The molecular weight excluding hydrogens is 1220 g/mol. The molecule has 94 heavy (non-hydrogen) atoms. The summed E-state index contributed by atoms with van der Waals surface area (Å²) in [6.45, 7) is -0.577. The Bertz CT molecular complexity index is 3770. The van der Waals surface area contributed by atoms with Gasteiger partial charge >= 0.3 is 0 Å². The van der Waals surface area contributed by atoms with E-state index in [-0.39, 0.29) is 95.0 Å². The molecule has 0 radical (unpaired) electrons. The number of ether oxygens (including phenoxy) is 2. The van der Waals surface area contributed by atoms with E-state index in [9.17, 15) is 45.6 Å². The Labute approximate surface area is 558 Å². The van der Waals surface area contributed by atoms with Crippen molar-refractivity contribution < 1.29 is 64.7 Å². The summed E-state index contributed by atoms with van der Waals surface area (Å²) in [5.41, 5.74) is -1.10. The molecule has 1 saturated heterocycles. The third kappa shape index (κ3) is 8.84. The Kier molecular flexibility index (Phi) is 14.8. The molecule has 10 N–H and O–H groups in total. The number of Topliss-reactive ketones (excluding diaryl/α,β-unsaturated/α-hetero) is 2. The molecule has 10 bridgehead atoms. The van der Waals surface area contributed by atoms with Crippen LogP contribution in [0.3, 0.4) is 0 Å². The Balaban J connectivity index is 0.769. The number of rotatable bonds is 10. The highest BCUT2D eigenvalue weighted by atomic mass is 33.1. The zero-order chi connectivity index (χ0) is 64.6. The first-order valence-corrected chi connectivity index (χ1v) is 37.9. The maximum Gasteiger partial charge on any atom is 0.229 e. The fraction of sp³-hybridized carbons (Fsp3) is 0.623. The van der Waals surface area contributed by atoms with E-state index >= 15 is 9.59 Å². The van der Waals surface area contributed by atoms with Crippen LogP contribution in [0.15, 0.2) is 113 Å². The number of carbonyl (C=O) groups is 3. The molecule has 19 atom stereocenters. The van der Waals surface area contributed by atoms with Gasteiger partial charge in [-0.3, -0.25) is 9.59 Å². The van der Waals surface area contributed by atoms with E-state index in [0.29, 0.717) is 59.9 Å². The summed E-state index contributed by atoms with van der Waals surface area (Å²) in [6, 6.07) is 20.0. The minimum atomic E-state index is -2.39. The lowest BCUT2D eigenvalue weighted by molar-refractivity contribution is -0.392. The molecule has 3 heterocycles. The van der Waals surface area contributed by atoms with Crippen molar-refractivity contribution in [3.05, 3.63) is 141 Å². The number of benzene rings is 3. The predicted molar refractivity (Wildman–Crippen MR) is 356 cm³/mol. The molecular formula is C77H92N2O13S2. The van der Waals surface area contributed by atoms with Gasteiger partial charge in [-0.25, -0.2) is 0 Å². The molecule has 3 aliphatic heterocycles. The van der Waals surface area contributed by atoms with Crippen LogP contribution >= 0.6 is 21.6 Å². The minimum absolute atomic E-state index is 0.0417. The number of phenols is 1. The van der Waals surface area contributed by atoms with E-state index in [1.807, 2.05) is 36.4 Å².